The van der Waals surface area contributed by atoms with Crippen LogP contribution < -0.4 is 10.1 Å². The van der Waals surface area contributed by atoms with Gasteiger partial charge in [0.05, 0.1) is 5.02 Å². The molecule has 8 heteroatoms. The van der Waals surface area contributed by atoms with Gasteiger partial charge in [0.15, 0.2) is 6.61 Å². The monoisotopic (exact) mass is 484 g/mol. The molecule has 0 saturated heterocycles. The Bertz CT molecular complexity index is 885. The lowest BCUT2D eigenvalue weighted by Crippen LogP contribution is -2.50. The van der Waals surface area contributed by atoms with Gasteiger partial charge in [-0.25, -0.2) is 0 Å². The minimum Gasteiger partial charge on any atom is -0.482 e. The van der Waals surface area contributed by atoms with Crippen molar-refractivity contribution >= 4 is 46.6 Å². The molecule has 0 spiro atoms. The van der Waals surface area contributed by atoms with E-state index in [0.29, 0.717) is 39.3 Å². The van der Waals surface area contributed by atoms with Crippen molar-refractivity contribution in [3.05, 3.63) is 63.1 Å². The minimum atomic E-state index is -0.701. The van der Waals surface area contributed by atoms with Crippen molar-refractivity contribution in [2.75, 3.05) is 13.2 Å². The highest BCUT2D eigenvalue weighted by molar-refractivity contribution is 6.36. The molecule has 0 fully saturated rings. The van der Waals surface area contributed by atoms with Gasteiger partial charge >= 0.3 is 0 Å². The molecule has 0 heterocycles. The predicted molar refractivity (Wildman–Crippen MR) is 126 cm³/mol. The Balaban J connectivity index is 2.28. The van der Waals surface area contributed by atoms with Gasteiger partial charge in [0.1, 0.15) is 11.8 Å². The molecule has 0 aliphatic heterocycles. The molecular formula is C23H27Cl3N2O3. The smallest absolute Gasteiger partial charge is 0.261 e. The standard InChI is InChI=1S/C23H27Cl3N2O3/c1-4-20(23(30)27-12-15(2)3)28(13-16-17(24)9-7-10-18(16)25)22(29)14-31-21-11-6-5-8-19(21)26/h5-11,15,20H,4,12-14H2,1-3H3,(H,27,30). The van der Waals surface area contributed by atoms with E-state index < -0.39 is 6.04 Å². The van der Waals surface area contributed by atoms with Crippen molar-refractivity contribution in [2.24, 2.45) is 5.92 Å². The van der Waals surface area contributed by atoms with Crippen LogP contribution in [0.1, 0.15) is 32.8 Å². The molecule has 168 valence electrons. The number of hydrogen-bond acceptors (Lipinski definition) is 3. The van der Waals surface area contributed by atoms with E-state index in [9.17, 15) is 9.59 Å². The summed E-state index contributed by atoms with van der Waals surface area (Å²) in [6, 6.07) is 11.3. The fourth-order valence-electron chi connectivity index (χ4n) is 2.98. The van der Waals surface area contributed by atoms with Gasteiger partial charge in [-0.3, -0.25) is 9.59 Å². The van der Waals surface area contributed by atoms with Gasteiger partial charge in [-0.15, -0.1) is 0 Å². The van der Waals surface area contributed by atoms with Gasteiger partial charge in [-0.2, -0.15) is 0 Å². The number of amides is 2. The molecule has 5 nitrogen and oxygen atoms in total. The van der Waals surface area contributed by atoms with Crippen molar-refractivity contribution in [1.82, 2.24) is 10.2 Å². The average Bonchev–Trinajstić information content (AvgIpc) is 2.73. The molecule has 2 aromatic rings. The third-order valence-corrected chi connectivity index (χ3v) is 5.67. The zero-order chi connectivity index (χ0) is 23.0. The minimum absolute atomic E-state index is 0.0802. The molecule has 1 atom stereocenters. The number of benzene rings is 2. The van der Waals surface area contributed by atoms with Crippen LogP contribution in [-0.2, 0) is 16.1 Å². The van der Waals surface area contributed by atoms with E-state index in [4.69, 9.17) is 39.5 Å². The first-order chi connectivity index (χ1) is 14.7. The lowest BCUT2D eigenvalue weighted by atomic mass is 10.1. The van der Waals surface area contributed by atoms with Crippen molar-refractivity contribution in [3.8, 4) is 5.75 Å². The second-order valence-electron chi connectivity index (χ2n) is 7.50. The third kappa shape index (κ3) is 7.30. The predicted octanol–water partition coefficient (Wildman–Crippen LogP) is 5.61. The van der Waals surface area contributed by atoms with Gasteiger partial charge in [0, 0.05) is 28.7 Å². The van der Waals surface area contributed by atoms with Gasteiger partial charge < -0.3 is 15.0 Å². The number of ether oxygens (including phenoxy) is 1. The summed E-state index contributed by atoms with van der Waals surface area (Å²) < 4.78 is 5.63. The van der Waals surface area contributed by atoms with Crippen LogP contribution in [0.15, 0.2) is 42.5 Å². The Hall–Kier alpha value is -1.95. The van der Waals surface area contributed by atoms with E-state index in [-0.39, 0.29) is 30.9 Å². The van der Waals surface area contributed by atoms with Crippen LogP contribution in [-0.4, -0.2) is 35.9 Å². The molecule has 0 aliphatic rings. The molecule has 0 aromatic heterocycles. The lowest BCUT2D eigenvalue weighted by Gasteiger charge is -2.31. The zero-order valence-electron chi connectivity index (χ0n) is 17.8. The van der Waals surface area contributed by atoms with E-state index in [1.807, 2.05) is 20.8 Å². The van der Waals surface area contributed by atoms with Gasteiger partial charge in [0.25, 0.3) is 5.91 Å². The maximum absolute atomic E-state index is 13.2. The Morgan fingerprint density at radius 2 is 1.61 bits per heavy atom. The molecule has 0 bridgehead atoms. The quantitative estimate of drug-likeness (QED) is 0.476. The number of nitrogens with one attached hydrogen (secondary N) is 1. The number of carbonyl (C=O) groups excluding carboxylic acids is 2. The van der Waals surface area contributed by atoms with Crippen LogP contribution in [0.5, 0.6) is 5.75 Å². The molecule has 2 rings (SSSR count). The highest BCUT2D eigenvalue weighted by atomic mass is 35.5. The third-order valence-electron chi connectivity index (χ3n) is 4.65. The first kappa shape index (κ1) is 25.3. The molecule has 1 N–H and O–H groups in total. The van der Waals surface area contributed by atoms with Gasteiger partial charge in [0.2, 0.25) is 5.91 Å². The molecule has 1 unspecified atom stereocenters. The second-order valence-corrected chi connectivity index (χ2v) is 8.73. The van der Waals surface area contributed by atoms with Crippen LogP contribution in [0.3, 0.4) is 0 Å². The molecule has 0 radical (unpaired) electrons. The summed E-state index contributed by atoms with van der Waals surface area (Å²) in [5.74, 6) is 0.0747. The zero-order valence-corrected chi connectivity index (χ0v) is 20.1. The number of nitrogens with zero attached hydrogens (tertiary/aromatic N) is 1. The fourth-order valence-corrected chi connectivity index (χ4v) is 3.69. The van der Waals surface area contributed by atoms with Crippen molar-refractivity contribution in [3.63, 3.8) is 0 Å². The maximum atomic E-state index is 13.2. The summed E-state index contributed by atoms with van der Waals surface area (Å²) in [6.07, 6.45) is 0.420. The number of hydrogen-bond donors (Lipinski definition) is 1. The van der Waals surface area contributed by atoms with E-state index in [1.54, 1.807) is 42.5 Å². The molecule has 2 amide bonds. The van der Waals surface area contributed by atoms with Crippen molar-refractivity contribution in [1.29, 1.82) is 0 Å². The van der Waals surface area contributed by atoms with Crippen molar-refractivity contribution < 1.29 is 14.3 Å². The molecule has 0 saturated carbocycles. The van der Waals surface area contributed by atoms with Gasteiger partial charge in [-0.1, -0.05) is 73.8 Å². The summed E-state index contributed by atoms with van der Waals surface area (Å²) in [5.41, 5.74) is 0.576. The first-order valence-corrected chi connectivity index (χ1v) is 11.2. The summed E-state index contributed by atoms with van der Waals surface area (Å²) in [4.78, 5) is 27.5. The van der Waals surface area contributed by atoms with Gasteiger partial charge in [-0.05, 0) is 36.6 Å². The number of halogens is 3. The Morgan fingerprint density at radius 1 is 1.00 bits per heavy atom. The number of para-hydroxylation sites is 1. The van der Waals surface area contributed by atoms with Crippen LogP contribution in [0.4, 0.5) is 0 Å². The second kappa shape index (κ2) is 12.2. The van der Waals surface area contributed by atoms with E-state index in [2.05, 4.69) is 5.32 Å². The first-order valence-electron chi connectivity index (χ1n) is 10.1. The topological polar surface area (TPSA) is 58.6 Å². The summed E-state index contributed by atoms with van der Waals surface area (Å²) in [7, 11) is 0. The average molecular weight is 486 g/mol. The van der Waals surface area contributed by atoms with Crippen LogP contribution in [0.25, 0.3) is 0 Å². The SMILES string of the molecule is CCC(C(=O)NCC(C)C)N(Cc1c(Cl)cccc1Cl)C(=O)COc1ccccc1Cl. The van der Waals surface area contributed by atoms with Crippen LogP contribution in [0, 0.1) is 5.92 Å². The normalized spacial score (nSPS) is 11.8. The maximum Gasteiger partial charge on any atom is 0.261 e. The molecule has 2 aromatic carbocycles. The summed E-state index contributed by atoms with van der Waals surface area (Å²) in [6.45, 7) is 6.18. The van der Waals surface area contributed by atoms with E-state index in [1.165, 1.54) is 4.90 Å². The molecule has 31 heavy (non-hydrogen) atoms. The highest BCUT2D eigenvalue weighted by Gasteiger charge is 2.30. The largest absolute Gasteiger partial charge is 0.482 e. The van der Waals surface area contributed by atoms with E-state index in [0.717, 1.165) is 0 Å². The lowest BCUT2D eigenvalue weighted by molar-refractivity contribution is -0.143. The van der Waals surface area contributed by atoms with Crippen molar-refractivity contribution in [2.45, 2.75) is 39.8 Å². The van der Waals surface area contributed by atoms with Crippen LogP contribution in [0.2, 0.25) is 15.1 Å². The molecule has 0 aliphatic carbocycles. The summed E-state index contributed by atoms with van der Waals surface area (Å²) >= 11 is 18.8. The number of rotatable bonds is 10. The Morgan fingerprint density at radius 3 is 2.19 bits per heavy atom. The Labute approximate surface area is 198 Å². The number of carbonyl (C=O) groups is 2. The highest BCUT2D eigenvalue weighted by Crippen LogP contribution is 2.27. The molecular weight excluding hydrogens is 459 g/mol. The fraction of sp³-hybridized carbons (Fsp3) is 0.391. The van der Waals surface area contributed by atoms with E-state index >= 15 is 0 Å². The summed E-state index contributed by atoms with van der Waals surface area (Å²) in [5, 5.41) is 4.16. The van der Waals surface area contributed by atoms with Crippen LogP contribution >= 0.6 is 34.8 Å². The Kier molecular flexibility index (Phi) is 9.94.